The second kappa shape index (κ2) is 8.12. The quantitative estimate of drug-likeness (QED) is 0.428. The van der Waals surface area contributed by atoms with Crippen LogP contribution in [0.2, 0.25) is 0 Å². The lowest BCUT2D eigenvalue weighted by molar-refractivity contribution is -0.137. The van der Waals surface area contributed by atoms with Crippen LogP contribution >= 0.6 is 0 Å². The van der Waals surface area contributed by atoms with Gasteiger partial charge >= 0.3 is 6.18 Å². The van der Waals surface area contributed by atoms with Crippen molar-refractivity contribution in [3.63, 3.8) is 0 Å². The summed E-state index contributed by atoms with van der Waals surface area (Å²) in [6, 6.07) is 11.2. The molecule has 0 saturated heterocycles. The number of pyridine rings is 1. The number of hydrogen-bond acceptors (Lipinski definition) is 2. The average Bonchev–Trinajstić information content (AvgIpc) is 2.78. The number of carbonyl (C=O) groups excluding carboxylic acids is 1. The Morgan fingerprint density at radius 3 is 2.30 bits per heavy atom. The Bertz CT molecular complexity index is 1180. The van der Waals surface area contributed by atoms with Gasteiger partial charge in [0.05, 0.1) is 11.1 Å². The van der Waals surface area contributed by atoms with E-state index in [9.17, 15) is 22.4 Å². The number of alkyl halides is 3. The van der Waals surface area contributed by atoms with Gasteiger partial charge in [-0.2, -0.15) is 13.2 Å². The third-order valence-electron chi connectivity index (χ3n) is 7.62. The van der Waals surface area contributed by atoms with E-state index in [-0.39, 0.29) is 23.1 Å². The molecule has 1 spiro atoms. The molecule has 0 aliphatic heterocycles. The first-order chi connectivity index (χ1) is 15.7. The molecule has 2 saturated carbocycles. The molecule has 5 rings (SSSR count). The standard InChI is InChI=1S/C26H24F4N2O/c27-18-3-6-23-21(15-18)20(10-14-31-23)16-7-11-25(12-8-16)13-9-22(25)24(33)32-19-4-1-17(2-5-19)26(28,29)30/h1-6,10,14-16,22H,7-9,11-13H2,(H,32,33)/t16-,22-,25+/m1/s1. The smallest absolute Gasteiger partial charge is 0.326 e. The van der Waals surface area contributed by atoms with Crippen LogP contribution < -0.4 is 5.32 Å². The van der Waals surface area contributed by atoms with Crippen LogP contribution in [0.5, 0.6) is 0 Å². The summed E-state index contributed by atoms with van der Waals surface area (Å²) in [4.78, 5) is 17.3. The van der Waals surface area contributed by atoms with Gasteiger partial charge in [-0.15, -0.1) is 0 Å². The van der Waals surface area contributed by atoms with Gasteiger partial charge < -0.3 is 5.32 Å². The third kappa shape index (κ3) is 4.09. The lowest BCUT2D eigenvalue weighted by Crippen LogP contribution is -2.48. The number of nitrogens with zero attached hydrogens (tertiary/aromatic N) is 1. The minimum Gasteiger partial charge on any atom is -0.326 e. The number of benzene rings is 2. The maximum atomic E-state index is 13.8. The molecule has 0 radical (unpaired) electrons. The maximum absolute atomic E-state index is 13.8. The molecule has 2 fully saturated rings. The highest BCUT2D eigenvalue weighted by Crippen LogP contribution is 2.58. The minimum absolute atomic E-state index is 0.0550. The topological polar surface area (TPSA) is 42.0 Å². The summed E-state index contributed by atoms with van der Waals surface area (Å²) >= 11 is 0. The van der Waals surface area contributed by atoms with Crippen LogP contribution in [-0.2, 0) is 11.0 Å². The molecule has 1 atom stereocenters. The van der Waals surface area contributed by atoms with E-state index in [1.54, 1.807) is 18.3 Å². The van der Waals surface area contributed by atoms with Gasteiger partial charge in [0.2, 0.25) is 5.91 Å². The van der Waals surface area contributed by atoms with Gasteiger partial charge in [0.25, 0.3) is 0 Å². The molecular formula is C26H24F4N2O. The fraction of sp³-hybridized carbons (Fsp3) is 0.385. The molecular weight excluding hydrogens is 432 g/mol. The summed E-state index contributed by atoms with van der Waals surface area (Å²) in [5.74, 6) is -0.228. The highest BCUT2D eigenvalue weighted by Gasteiger charge is 2.51. The zero-order valence-electron chi connectivity index (χ0n) is 18.0. The van der Waals surface area contributed by atoms with E-state index >= 15 is 0 Å². The highest BCUT2D eigenvalue weighted by atomic mass is 19.4. The summed E-state index contributed by atoms with van der Waals surface area (Å²) in [6.45, 7) is 0. The molecule has 2 aliphatic rings. The molecule has 2 aromatic carbocycles. The van der Waals surface area contributed by atoms with Crippen molar-refractivity contribution in [1.82, 2.24) is 4.98 Å². The summed E-state index contributed by atoms with van der Waals surface area (Å²) in [7, 11) is 0. The number of nitrogens with one attached hydrogen (secondary N) is 1. The number of carbonyl (C=O) groups is 1. The second-order valence-electron chi connectivity index (χ2n) is 9.35. The number of halogens is 4. The number of hydrogen-bond donors (Lipinski definition) is 1. The molecule has 0 bridgehead atoms. The van der Waals surface area contributed by atoms with E-state index in [2.05, 4.69) is 10.3 Å². The van der Waals surface area contributed by atoms with Crippen molar-refractivity contribution in [3.8, 4) is 0 Å². The van der Waals surface area contributed by atoms with E-state index in [0.29, 0.717) is 11.6 Å². The van der Waals surface area contributed by atoms with E-state index in [1.807, 2.05) is 6.07 Å². The van der Waals surface area contributed by atoms with Gasteiger partial charge in [0.15, 0.2) is 0 Å². The highest BCUT2D eigenvalue weighted by molar-refractivity contribution is 5.93. The number of aromatic nitrogens is 1. The normalized spacial score (nSPS) is 25.1. The predicted octanol–water partition coefficient (Wildman–Crippen LogP) is 7.09. The zero-order chi connectivity index (χ0) is 23.2. The number of fused-ring (bicyclic) bond motifs is 1. The van der Waals surface area contributed by atoms with Crippen LogP contribution in [-0.4, -0.2) is 10.9 Å². The van der Waals surface area contributed by atoms with E-state index in [1.165, 1.54) is 18.2 Å². The SMILES string of the molecule is O=C(Nc1ccc(C(F)(F)F)cc1)[C@H]1CC[C@]12CC[C@H](c1ccnc3ccc(F)cc31)CC2. The first kappa shape index (κ1) is 21.9. The fourth-order valence-electron chi connectivity index (χ4n) is 5.68. The minimum atomic E-state index is -4.40. The summed E-state index contributed by atoms with van der Waals surface area (Å²) < 4.78 is 52.1. The lowest BCUT2D eigenvalue weighted by Gasteiger charge is -2.52. The van der Waals surface area contributed by atoms with Crippen LogP contribution in [0.4, 0.5) is 23.2 Å². The molecule has 2 aliphatic carbocycles. The van der Waals surface area contributed by atoms with Crippen LogP contribution in [0.3, 0.4) is 0 Å². The summed E-state index contributed by atoms with van der Waals surface area (Å²) in [5, 5.41) is 3.66. The van der Waals surface area contributed by atoms with Crippen molar-refractivity contribution in [1.29, 1.82) is 0 Å². The van der Waals surface area contributed by atoms with Crippen molar-refractivity contribution in [2.24, 2.45) is 11.3 Å². The van der Waals surface area contributed by atoms with Crippen LogP contribution in [0.25, 0.3) is 10.9 Å². The molecule has 1 amide bonds. The van der Waals surface area contributed by atoms with Crippen molar-refractivity contribution >= 4 is 22.5 Å². The van der Waals surface area contributed by atoms with Gasteiger partial charge in [0, 0.05) is 23.2 Å². The molecule has 3 nitrogen and oxygen atoms in total. The number of amides is 1. The van der Waals surface area contributed by atoms with Crippen molar-refractivity contribution < 1.29 is 22.4 Å². The van der Waals surface area contributed by atoms with Gasteiger partial charge in [-0.25, -0.2) is 4.39 Å². The first-order valence-corrected chi connectivity index (χ1v) is 11.3. The first-order valence-electron chi connectivity index (χ1n) is 11.3. The Kier molecular flexibility index (Phi) is 5.38. The number of anilines is 1. The monoisotopic (exact) mass is 456 g/mol. The Balaban J connectivity index is 1.26. The van der Waals surface area contributed by atoms with Gasteiger partial charge in [0.1, 0.15) is 5.82 Å². The molecule has 3 aromatic rings. The second-order valence-corrected chi connectivity index (χ2v) is 9.35. The van der Waals surface area contributed by atoms with Gasteiger partial charge in [-0.3, -0.25) is 9.78 Å². The van der Waals surface area contributed by atoms with Crippen LogP contribution in [0.15, 0.2) is 54.7 Å². The Morgan fingerprint density at radius 2 is 1.67 bits per heavy atom. The Morgan fingerprint density at radius 1 is 0.970 bits per heavy atom. The Labute approximate surface area is 189 Å². The van der Waals surface area contributed by atoms with Crippen LogP contribution in [0.1, 0.15) is 55.6 Å². The summed E-state index contributed by atoms with van der Waals surface area (Å²) in [5.41, 5.74) is 1.49. The van der Waals surface area contributed by atoms with Crippen molar-refractivity contribution in [2.75, 3.05) is 5.32 Å². The average molecular weight is 456 g/mol. The summed E-state index contributed by atoms with van der Waals surface area (Å²) in [6.07, 6.45) is 2.79. The molecule has 7 heteroatoms. The predicted molar refractivity (Wildman–Crippen MR) is 118 cm³/mol. The van der Waals surface area contributed by atoms with Gasteiger partial charge in [-0.05, 0) is 104 Å². The molecule has 33 heavy (non-hydrogen) atoms. The van der Waals surface area contributed by atoms with Crippen molar-refractivity contribution in [2.45, 2.75) is 50.6 Å². The molecule has 172 valence electrons. The largest absolute Gasteiger partial charge is 0.416 e. The van der Waals surface area contributed by atoms with Gasteiger partial charge in [-0.1, -0.05) is 0 Å². The Hall–Kier alpha value is -2.96. The third-order valence-corrected chi connectivity index (χ3v) is 7.62. The fourth-order valence-corrected chi connectivity index (χ4v) is 5.68. The molecule has 0 unspecified atom stereocenters. The molecule has 1 aromatic heterocycles. The lowest BCUT2D eigenvalue weighted by atomic mass is 9.52. The molecule has 1 heterocycles. The maximum Gasteiger partial charge on any atom is 0.416 e. The van der Waals surface area contributed by atoms with Crippen LogP contribution in [0, 0.1) is 17.2 Å². The zero-order valence-corrected chi connectivity index (χ0v) is 18.0. The molecule has 1 N–H and O–H groups in total. The number of rotatable bonds is 3. The van der Waals surface area contributed by atoms with E-state index in [4.69, 9.17) is 0 Å². The van der Waals surface area contributed by atoms with E-state index < -0.39 is 11.7 Å². The van der Waals surface area contributed by atoms with Crippen molar-refractivity contribution in [3.05, 3.63) is 71.7 Å². The van der Waals surface area contributed by atoms with E-state index in [0.717, 1.165) is 67.1 Å².